The molecule has 6 rings (SSSR count). The van der Waals surface area contributed by atoms with E-state index >= 15 is 0 Å². The van der Waals surface area contributed by atoms with Gasteiger partial charge in [-0.3, -0.25) is 4.79 Å². The molecule has 1 aromatic heterocycles. The molecule has 1 unspecified atom stereocenters. The van der Waals surface area contributed by atoms with E-state index in [1.165, 1.54) is 6.07 Å². The Morgan fingerprint density at radius 3 is 2.76 bits per heavy atom. The van der Waals surface area contributed by atoms with Crippen molar-refractivity contribution in [2.45, 2.75) is 12.5 Å². The number of aromatic amines is 1. The van der Waals surface area contributed by atoms with E-state index in [9.17, 15) is 9.18 Å². The summed E-state index contributed by atoms with van der Waals surface area (Å²) >= 11 is 0. The molecule has 2 aliphatic rings. The van der Waals surface area contributed by atoms with Crippen LogP contribution in [0.5, 0.6) is 11.5 Å². The van der Waals surface area contributed by atoms with Gasteiger partial charge >= 0.3 is 0 Å². The van der Waals surface area contributed by atoms with E-state index in [0.29, 0.717) is 24.5 Å². The highest BCUT2D eigenvalue weighted by Crippen LogP contribution is 2.42. The summed E-state index contributed by atoms with van der Waals surface area (Å²) in [6.45, 7) is 0.705. The van der Waals surface area contributed by atoms with E-state index in [2.05, 4.69) is 4.98 Å². The van der Waals surface area contributed by atoms with Crippen molar-refractivity contribution >= 4 is 22.9 Å². The number of rotatable bonds is 3. The summed E-state index contributed by atoms with van der Waals surface area (Å²) in [6.07, 6.45) is 4.09. The van der Waals surface area contributed by atoms with Crippen LogP contribution in [-0.2, 0) is 11.2 Å². The number of hydrogen-bond acceptors (Lipinski definition) is 3. The maximum absolute atomic E-state index is 14.0. The van der Waals surface area contributed by atoms with Crippen molar-refractivity contribution in [3.05, 3.63) is 101 Å². The minimum atomic E-state index is -0.355. The summed E-state index contributed by atoms with van der Waals surface area (Å²) in [5.74, 6) is 0.995. The molecule has 0 saturated carbocycles. The molecule has 0 saturated heterocycles. The molecule has 1 amide bonds. The standard InChI is InChI=1S/C27H21FN2O3/c28-19-8-9-22-21(15-19)20-12-13-30(25(31)11-6-17-4-2-1-3-5-17)27(26(20)29-22)18-7-10-23-24(14-18)33-16-32-23/h1-11,14-15,27,29H,12-13,16H2. The van der Waals surface area contributed by atoms with Crippen LogP contribution in [0.2, 0.25) is 0 Å². The van der Waals surface area contributed by atoms with E-state index in [-0.39, 0.29) is 24.6 Å². The number of ether oxygens (including phenoxy) is 2. The summed E-state index contributed by atoms with van der Waals surface area (Å²) < 4.78 is 25.1. The minimum Gasteiger partial charge on any atom is -0.454 e. The molecule has 0 aliphatic carbocycles. The molecule has 6 heteroatoms. The Labute approximate surface area is 190 Å². The van der Waals surface area contributed by atoms with E-state index in [1.54, 1.807) is 18.2 Å². The van der Waals surface area contributed by atoms with Crippen molar-refractivity contribution in [2.24, 2.45) is 0 Å². The van der Waals surface area contributed by atoms with E-state index < -0.39 is 0 Å². The van der Waals surface area contributed by atoms with Gasteiger partial charge in [-0.15, -0.1) is 0 Å². The second kappa shape index (κ2) is 7.81. The molecule has 3 aromatic carbocycles. The summed E-state index contributed by atoms with van der Waals surface area (Å²) in [5.41, 5.74) is 4.68. The van der Waals surface area contributed by atoms with Crippen molar-refractivity contribution in [2.75, 3.05) is 13.3 Å². The lowest BCUT2D eigenvalue weighted by Gasteiger charge is -2.35. The Hall–Kier alpha value is -4.06. The number of H-pyrrole nitrogens is 1. The number of benzene rings is 3. The zero-order chi connectivity index (χ0) is 22.4. The molecule has 1 atom stereocenters. The van der Waals surface area contributed by atoms with Gasteiger partial charge in [-0.2, -0.15) is 0 Å². The van der Waals surface area contributed by atoms with Gasteiger partial charge in [0, 0.05) is 29.2 Å². The van der Waals surface area contributed by atoms with Crippen molar-refractivity contribution in [1.29, 1.82) is 0 Å². The highest BCUT2D eigenvalue weighted by atomic mass is 19.1. The quantitative estimate of drug-likeness (QED) is 0.444. The van der Waals surface area contributed by atoms with Crippen molar-refractivity contribution in [3.63, 3.8) is 0 Å². The molecule has 0 spiro atoms. The molecule has 0 fully saturated rings. The van der Waals surface area contributed by atoms with Gasteiger partial charge in [0.25, 0.3) is 0 Å². The first-order valence-corrected chi connectivity index (χ1v) is 10.9. The van der Waals surface area contributed by atoms with Crippen LogP contribution in [0.15, 0.2) is 72.8 Å². The molecular formula is C27H21FN2O3. The number of carbonyl (C=O) groups excluding carboxylic acids is 1. The molecule has 1 N–H and O–H groups in total. The third kappa shape index (κ3) is 3.44. The van der Waals surface area contributed by atoms with E-state index in [4.69, 9.17) is 9.47 Å². The highest BCUT2D eigenvalue weighted by Gasteiger charge is 2.34. The maximum Gasteiger partial charge on any atom is 0.247 e. The normalized spacial score (nSPS) is 17.0. The van der Waals surface area contributed by atoms with Gasteiger partial charge < -0.3 is 19.4 Å². The van der Waals surface area contributed by atoms with Crippen molar-refractivity contribution in [1.82, 2.24) is 9.88 Å². The first kappa shape index (κ1) is 19.6. The average molecular weight is 440 g/mol. The number of amides is 1. The maximum atomic E-state index is 14.0. The van der Waals surface area contributed by atoms with Gasteiger partial charge in [-0.05, 0) is 59.5 Å². The lowest BCUT2D eigenvalue weighted by atomic mass is 9.92. The molecule has 3 heterocycles. The monoisotopic (exact) mass is 440 g/mol. The molecular weight excluding hydrogens is 419 g/mol. The van der Waals surface area contributed by atoms with Crippen LogP contribution in [0.25, 0.3) is 17.0 Å². The fourth-order valence-corrected chi connectivity index (χ4v) is 4.76. The number of nitrogens with one attached hydrogen (secondary N) is 1. The van der Waals surface area contributed by atoms with Gasteiger partial charge in [-0.1, -0.05) is 36.4 Å². The summed E-state index contributed by atoms with van der Waals surface area (Å²) in [5, 5.41) is 0.864. The summed E-state index contributed by atoms with van der Waals surface area (Å²) in [6, 6.07) is 19.9. The first-order chi connectivity index (χ1) is 16.2. The van der Waals surface area contributed by atoms with Gasteiger partial charge in [0.05, 0.1) is 6.04 Å². The zero-order valence-electron chi connectivity index (χ0n) is 17.8. The van der Waals surface area contributed by atoms with Crippen LogP contribution in [0.4, 0.5) is 4.39 Å². The van der Waals surface area contributed by atoms with Crippen LogP contribution in [0.1, 0.15) is 28.4 Å². The summed E-state index contributed by atoms with van der Waals surface area (Å²) in [4.78, 5) is 18.7. The number of fused-ring (bicyclic) bond motifs is 4. The predicted octanol–water partition coefficient (Wildman–Crippen LogP) is 5.22. The predicted molar refractivity (Wildman–Crippen MR) is 124 cm³/mol. The number of aromatic nitrogens is 1. The molecule has 4 aromatic rings. The van der Waals surface area contributed by atoms with Crippen molar-refractivity contribution in [3.8, 4) is 11.5 Å². The molecule has 0 radical (unpaired) electrons. The smallest absolute Gasteiger partial charge is 0.247 e. The number of hydrogen-bond donors (Lipinski definition) is 1. The zero-order valence-corrected chi connectivity index (χ0v) is 17.8. The molecule has 33 heavy (non-hydrogen) atoms. The highest BCUT2D eigenvalue weighted by molar-refractivity contribution is 5.93. The third-order valence-corrected chi connectivity index (χ3v) is 6.30. The topological polar surface area (TPSA) is 54.6 Å². The van der Waals surface area contributed by atoms with Gasteiger partial charge in [-0.25, -0.2) is 4.39 Å². The lowest BCUT2D eigenvalue weighted by Crippen LogP contribution is -2.39. The molecule has 0 bridgehead atoms. The minimum absolute atomic E-state index is 0.0861. The van der Waals surface area contributed by atoms with Crippen LogP contribution >= 0.6 is 0 Å². The average Bonchev–Trinajstić information content (AvgIpc) is 3.46. The lowest BCUT2D eigenvalue weighted by molar-refractivity contribution is -0.128. The van der Waals surface area contributed by atoms with Crippen LogP contribution < -0.4 is 9.47 Å². The van der Waals surface area contributed by atoms with Gasteiger partial charge in [0.1, 0.15) is 5.82 Å². The Morgan fingerprint density at radius 2 is 1.88 bits per heavy atom. The Balaban J connectivity index is 1.45. The Bertz CT molecular complexity index is 1390. The first-order valence-electron chi connectivity index (χ1n) is 10.9. The Kier molecular flexibility index (Phi) is 4.64. The molecule has 5 nitrogen and oxygen atoms in total. The second-order valence-corrected chi connectivity index (χ2v) is 8.25. The van der Waals surface area contributed by atoms with E-state index in [0.717, 1.165) is 33.3 Å². The fraction of sp³-hybridized carbons (Fsp3) is 0.148. The van der Waals surface area contributed by atoms with Gasteiger partial charge in [0.15, 0.2) is 11.5 Å². The fourth-order valence-electron chi connectivity index (χ4n) is 4.76. The van der Waals surface area contributed by atoms with Gasteiger partial charge in [0.2, 0.25) is 12.7 Å². The third-order valence-electron chi connectivity index (χ3n) is 6.30. The number of halogens is 1. The molecule has 2 aliphatic heterocycles. The second-order valence-electron chi connectivity index (χ2n) is 8.25. The van der Waals surface area contributed by atoms with Crippen LogP contribution in [0, 0.1) is 5.82 Å². The SMILES string of the molecule is O=C(C=Cc1ccccc1)N1CCc2c([nH]c3ccc(F)cc23)C1c1ccc2c(c1)OCO2. The number of nitrogens with zero attached hydrogens (tertiary/aromatic N) is 1. The van der Waals surface area contributed by atoms with Crippen LogP contribution in [0.3, 0.4) is 0 Å². The largest absolute Gasteiger partial charge is 0.454 e. The van der Waals surface area contributed by atoms with Crippen molar-refractivity contribution < 1.29 is 18.7 Å². The molecule has 164 valence electrons. The van der Waals surface area contributed by atoms with E-state index in [1.807, 2.05) is 59.5 Å². The Morgan fingerprint density at radius 1 is 1.03 bits per heavy atom. The number of carbonyl (C=O) groups is 1. The van der Waals surface area contributed by atoms with Crippen LogP contribution in [-0.4, -0.2) is 29.1 Å². The summed E-state index contributed by atoms with van der Waals surface area (Å²) in [7, 11) is 0.